The Morgan fingerprint density at radius 2 is 1.70 bits per heavy atom. The first kappa shape index (κ1) is 12.9. The van der Waals surface area contributed by atoms with E-state index >= 15 is 0 Å². The Bertz CT molecular complexity index is 847. The van der Waals surface area contributed by atoms with Crippen LogP contribution in [0.1, 0.15) is 10.4 Å². The van der Waals surface area contributed by atoms with Crippen molar-refractivity contribution in [3.05, 3.63) is 63.1 Å². The molecule has 0 aliphatic heterocycles. The third kappa shape index (κ3) is 2.00. The monoisotopic (exact) mass is 281 g/mol. The predicted molar refractivity (Wildman–Crippen MR) is 87.4 cm³/mol. The van der Waals surface area contributed by atoms with Gasteiger partial charge in [-0.05, 0) is 43.2 Å². The molecular weight excluding hydrogens is 266 g/mol. The summed E-state index contributed by atoms with van der Waals surface area (Å²) < 4.78 is 1.05. The van der Waals surface area contributed by atoms with Crippen LogP contribution < -0.4 is 11.2 Å². The van der Waals surface area contributed by atoms with Crippen LogP contribution in [0.5, 0.6) is 0 Å². The Morgan fingerprint density at radius 1 is 1.00 bits per heavy atom. The molecule has 20 heavy (non-hydrogen) atoms. The summed E-state index contributed by atoms with van der Waals surface area (Å²) in [7, 11) is 0. The number of rotatable bonds is 1. The van der Waals surface area contributed by atoms with Gasteiger partial charge in [-0.2, -0.15) is 0 Å². The molecule has 3 aromatic rings. The topological polar surface area (TPSA) is 43.1 Å². The summed E-state index contributed by atoms with van der Waals surface area (Å²) in [5.41, 5.74) is 9.29. The van der Waals surface area contributed by atoms with Crippen molar-refractivity contribution < 1.29 is 0 Å². The van der Waals surface area contributed by atoms with E-state index in [-0.39, 0.29) is 5.43 Å². The molecule has 3 rings (SSSR count). The first-order valence-electron chi connectivity index (χ1n) is 6.47. The summed E-state index contributed by atoms with van der Waals surface area (Å²) in [6, 6.07) is 13.5. The van der Waals surface area contributed by atoms with Gasteiger partial charge in [-0.15, -0.1) is 11.3 Å². The van der Waals surface area contributed by atoms with Gasteiger partial charge in [-0.25, -0.2) is 0 Å². The van der Waals surface area contributed by atoms with Gasteiger partial charge in [-0.1, -0.05) is 24.3 Å². The molecule has 0 atom stereocenters. The molecule has 0 amide bonds. The van der Waals surface area contributed by atoms with E-state index < -0.39 is 0 Å². The molecule has 2 nitrogen and oxygen atoms in total. The Morgan fingerprint density at radius 3 is 2.40 bits per heavy atom. The SMILES string of the molecule is Cc1sc2cccc(C)c2c(=O)c1-c1ccc(N)cc1. The average molecular weight is 281 g/mol. The minimum absolute atomic E-state index is 0.110. The summed E-state index contributed by atoms with van der Waals surface area (Å²) in [4.78, 5) is 13.9. The number of fused-ring (bicyclic) bond motifs is 1. The quantitative estimate of drug-likeness (QED) is 0.682. The first-order valence-corrected chi connectivity index (χ1v) is 7.28. The molecular formula is C17H15NOS. The van der Waals surface area contributed by atoms with Crippen molar-refractivity contribution in [3.8, 4) is 11.1 Å². The van der Waals surface area contributed by atoms with Crippen LogP contribution in [0.3, 0.4) is 0 Å². The summed E-state index contributed by atoms with van der Waals surface area (Å²) in [6.07, 6.45) is 0. The number of anilines is 1. The highest BCUT2D eigenvalue weighted by molar-refractivity contribution is 7.18. The van der Waals surface area contributed by atoms with E-state index in [4.69, 9.17) is 5.73 Å². The maximum absolute atomic E-state index is 12.8. The molecule has 2 aromatic carbocycles. The largest absolute Gasteiger partial charge is 0.399 e. The molecule has 100 valence electrons. The smallest absolute Gasteiger partial charge is 0.196 e. The van der Waals surface area contributed by atoms with Crippen LogP contribution in [-0.4, -0.2) is 0 Å². The van der Waals surface area contributed by atoms with Gasteiger partial charge >= 0.3 is 0 Å². The average Bonchev–Trinajstić information content (AvgIpc) is 2.40. The highest BCUT2D eigenvalue weighted by Gasteiger charge is 2.12. The molecule has 1 heterocycles. The highest BCUT2D eigenvalue weighted by Crippen LogP contribution is 2.29. The standard InChI is InChI=1S/C17H15NOS/c1-10-4-3-5-14-15(10)17(19)16(11(2)20-14)12-6-8-13(18)9-7-12/h3-9H,18H2,1-2H3. The molecule has 0 aliphatic rings. The fraction of sp³-hybridized carbons (Fsp3) is 0.118. The molecule has 0 bridgehead atoms. The summed E-state index contributed by atoms with van der Waals surface area (Å²) in [5.74, 6) is 0. The Hall–Kier alpha value is -2.13. The fourth-order valence-electron chi connectivity index (χ4n) is 2.50. The van der Waals surface area contributed by atoms with Gasteiger partial charge in [0.2, 0.25) is 0 Å². The van der Waals surface area contributed by atoms with Gasteiger partial charge in [0.05, 0.1) is 0 Å². The molecule has 0 saturated heterocycles. The van der Waals surface area contributed by atoms with Gasteiger partial charge in [0, 0.05) is 26.2 Å². The van der Waals surface area contributed by atoms with Crippen LogP contribution >= 0.6 is 11.3 Å². The summed E-state index contributed by atoms with van der Waals surface area (Å²) >= 11 is 1.66. The second-order valence-electron chi connectivity index (χ2n) is 4.93. The number of benzene rings is 2. The number of nitrogen functional groups attached to an aromatic ring is 1. The van der Waals surface area contributed by atoms with Gasteiger partial charge in [0.25, 0.3) is 0 Å². The van der Waals surface area contributed by atoms with Crippen molar-refractivity contribution >= 4 is 27.1 Å². The van der Waals surface area contributed by atoms with E-state index in [1.165, 1.54) is 0 Å². The van der Waals surface area contributed by atoms with Crippen LogP contribution in [0.25, 0.3) is 21.2 Å². The van der Waals surface area contributed by atoms with Gasteiger partial charge in [0.1, 0.15) is 0 Å². The molecule has 0 saturated carbocycles. The lowest BCUT2D eigenvalue weighted by molar-refractivity contribution is 1.49. The lowest BCUT2D eigenvalue weighted by Gasteiger charge is -2.08. The Kier molecular flexibility index (Phi) is 3.07. The number of hydrogen-bond donors (Lipinski definition) is 1. The normalized spacial score (nSPS) is 10.9. The maximum atomic E-state index is 12.8. The third-order valence-electron chi connectivity index (χ3n) is 3.50. The minimum Gasteiger partial charge on any atom is -0.399 e. The minimum atomic E-state index is 0.110. The molecule has 3 heteroatoms. The lowest BCUT2D eigenvalue weighted by atomic mass is 10.0. The van der Waals surface area contributed by atoms with Crippen molar-refractivity contribution in [1.82, 2.24) is 0 Å². The second-order valence-corrected chi connectivity index (χ2v) is 6.19. The van der Waals surface area contributed by atoms with Crippen LogP contribution in [0.4, 0.5) is 5.69 Å². The molecule has 0 unspecified atom stereocenters. The molecule has 0 radical (unpaired) electrons. The lowest BCUT2D eigenvalue weighted by Crippen LogP contribution is -2.07. The van der Waals surface area contributed by atoms with Crippen LogP contribution in [0.15, 0.2) is 47.3 Å². The van der Waals surface area contributed by atoms with Crippen molar-refractivity contribution in [2.24, 2.45) is 0 Å². The van der Waals surface area contributed by atoms with Gasteiger partial charge < -0.3 is 5.73 Å². The maximum Gasteiger partial charge on any atom is 0.196 e. The number of hydrogen-bond acceptors (Lipinski definition) is 3. The highest BCUT2D eigenvalue weighted by atomic mass is 32.1. The van der Waals surface area contributed by atoms with Crippen molar-refractivity contribution in [2.75, 3.05) is 5.73 Å². The van der Waals surface area contributed by atoms with Gasteiger partial charge in [-0.3, -0.25) is 4.79 Å². The van der Waals surface area contributed by atoms with Crippen LogP contribution in [0, 0.1) is 13.8 Å². The molecule has 0 spiro atoms. The zero-order chi connectivity index (χ0) is 14.3. The van der Waals surface area contributed by atoms with E-state index in [9.17, 15) is 4.79 Å². The fourth-order valence-corrected chi connectivity index (χ4v) is 3.65. The Labute approximate surface area is 121 Å². The van der Waals surface area contributed by atoms with Crippen molar-refractivity contribution in [1.29, 1.82) is 0 Å². The first-order chi connectivity index (χ1) is 9.58. The summed E-state index contributed by atoms with van der Waals surface area (Å²) in [5, 5.41) is 0.829. The number of nitrogens with two attached hydrogens (primary N) is 1. The van der Waals surface area contributed by atoms with Gasteiger partial charge in [0.15, 0.2) is 5.43 Å². The van der Waals surface area contributed by atoms with Crippen molar-refractivity contribution in [3.63, 3.8) is 0 Å². The van der Waals surface area contributed by atoms with Crippen LogP contribution in [0.2, 0.25) is 0 Å². The third-order valence-corrected chi connectivity index (χ3v) is 4.57. The van der Waals surface area contributed by atoms with E-state index in [0.29, 0.717) is 5.69 Å². The van der Waals surface area contributed by atoms with E-state index in [1.807, 2.05) is 56.3 Å². The summed E-state index contributed by atoms with van der Waals surface area (Å²) in [6.45, 7) is 3.98. The molecule has 1 aromatic heterocycles. The predicted octanol–water partition coefficient (Wildman–Crippen LogP) is 4.13. The molecule has 0 fully saturated rings. The molecule has 0 aliphatic carbocycles. The Balaban J connectivity index is 2.39. The number of aryl methyl sites for hydroxylation is 2. The molecule has 2 N–H and O–H groups in total. The van der Waals surface area contributed by atoms with E-state index in [2.05, 4.69) is 0 Å². The zero-order valence-electron chi connectivity index (χ0n) is 11.4. The van der Waals surface area contributed by atoms with Crippen molar-refractivity contribution in [2.45, 2.75) is 13.8 Å². The van der Waals surface area contributed by atoms with Crippen LogP contribution in [-0.2, 0) is 0 Å². The van der Waals surface area contributed by atoms with E-state index in [1.54, 1.807) is 11.3 Å². The van der Waals surface area contributed by atoms with E-state index in [0.717, 1.165) is 31.7 Å². The zero-order valence-corrected chi connectivity index (χ0v) is 12.3. The second kappa shape index (κ2) is 4.76.